The number of carbonyl (C=O) groups excluding carboxylic acids is 1. The van der Waals surface area contributed by atoms with E-state index in [4.69, 9.17) is 0 Å². The molecule has 4 aliphatic rings. The van der Waals surface area contributed by atoms with Crippen LogP contribution in [-0.4, -0.2) is 22.0 Å². The number of pyridine rings is 1. The number of aromatic nitrogens is 1. The molecule has 2 saturated carbocycles. The van der Waals surface area contributed by atoms with Gasteiger partial charge in [0.1, 0.15) is 0 Å². The zero-order chi connectivity index (χ0) is 19.3. The molecule has 1 aromatic heterocycles. The van der Waals surface area contributed by atoms with E-state index in [9.17, 15) is 14.7 Å². The summed E-state index contributed by atoms with van der Waals surface area (Å²) >= 11 is 0. The molecule has 1 heterocycles. The molecule has 0 spiro atoms. The Balaban J connectivity index is 1.30. The summed E-state index contributed by atoms with van der Waals surface area (Å²) in [5, 5.41) is 12.7. The summed E-state index contributed by atoms with van der Waals surface area (Å²) in [7, 11) is 0. The van der Waals surface area contributed by atoms with E-state index in [2.05, 4.69) is 16.4 Å². The number of allylic oxidation sites excluding steroid dienone is 2. The lowest BCUT2D eigenvalue weighted by atomic mass is 9.62. The van der Waals surface area contributed by atoms with Gasteiger partial charge in [-0.2, -0.15) is 0 Å². The number of benzene rings is 1. The molecule has 6 atom stereocenters. The molecular formula is C23H22N2O3. The van der Waals surface area contributed by atoms with Crippen LogP contribution >= 0.6 is 0 Å². The fraction of sp³-hybridized carbons (Fsp3) is 0.348. The lowest BCUT2D eigenvalue weighted by molar-refractivity contribution is -0.152. The standard InChI is InChI=1S/C23H22N2O3/c26-22(20-16-5-6-17(19-12-18(16)19)21(20)23(27)28)25-15-3-1-13(2-4-15)11-14-7-9-24-10-8-14/h1-10,16-21H,11-12H2,(H,25,26)(H,27,28)/t16-,17-,18-,19-,20-,21+/m0/s1. The van der Waals surface area contributed by atoms with Crippen LogP contribution in [0.3, 0.4) is 0 Å². The van der Waals surface area contributed by atoms with Crippen molar-refractivity contribution < 1.29 is 14.7 Å². The Labute approximate surface area is 163 Å². The molecule has 142 valence electrons. The van der Waals surface area contributed by atoms with Crippen LogP contribution in [0.1, 0.15) is 17.5 Å². The van der Waals surface area contributed by atoms with Gasteiger partial charge in [-0.1, -0.05) is 24.3 Å². The number of nitrogens with one attached hydrogen (secondary N) is 1. The van der Waals surface area contributed by atoms with Gasteiger partial charge in [-0.05, 0) is 71.9 Å². The minimum Gasteiger partial charge on any atom is -0.481 e. The van der Waals surface area contributed by atoms with E-state index in [1.54, 1.807) is 12.4 Å². The van der Waals surface area contributed by atoms with Crippen LogP contribution in [0.5, 0.6) is 0 Å². The van der Waals surface area contributed by atoms with Gasteiger partial charge in [0.05, 0.1) is 11.8 Å². The highest BCUT2D eigenvalue weighted by atomic mass is 16.4. The van der Waals surface area contributed by atoms with E-state index in [0.717, 1.165) is 18.4 Å². The molecule has 0 unspecified atom stereocenters. The third kappa shape index (κ3) is 2.91. The number of amides is 1. The minimum absolute atomic E-state index is 0.00554. The van der Waals surface area contributed by atoms with Gasteiger partial charge in [0.2, 0.25) is 5.91 Å². The molecule has 1 aromatic carbocycles. The highest BCUT2D eigenvalue weighted by molar-refractivity contribution is 5.96. The lowest BCUT2D eigenvalue weighted by Crippen LogP contribution is -2.48. The van der Waals surface area contributed by atoms with Crippen LogP contribution in [0.25, 0.3) is 0 Å². The summed E-state index contributed by atoms with van der Waals surface area (Å²) in [5.74, 6) is -1.08. The lowest BCUT2D eigenvalue weighted by Gasteiger charge is -2.41. The minimum atomic E-state index is -0.849. The van der Waals surface area contributed by atoms with E-state index in [1.165, 1.54) is 5.56 Å². The molecule has 2 aromatic rings. The Morgan fingerprint density at radius 2 is 1.54 bits per heavy atom. The summed E-state index contributed by atoms with van der Waals surface area (Å²) in [6.45, 7) is 0. The normalized spacial score (nSPS) is 31.9. The maximum Gasteiger partial charge on any atom is 0.307 e. The zero-order valence-corrected chi connectivity index (χ0v) is 15.4. The monoisotopic (exact) mass is 374 g/mol. The van der Waals surface area contributed by atoms with Gasteiger partial charge >= 0.3 is 5.97 Å². The molecule has 0 aliphatic heterocycles. The molecule has 2 bridgehead atoms. The molecule has 4 aliphatic carbocycles. The van der Waals surface area contributed by atoms with Gasteiger partial charge < -0.3 is 10.4 Å². The maximum atomic E-state index is 13.0. The van der Waals surface area contributed by atoms with Crippen LogP contribution in [0, 0.1) is 35.5 Å². The van der Waals surface area contributed by atoms with Crippen molar-refractivity contribution in [2.75, 3.05) is 5.32 Å². The summed E-state index contributed by atoms with van der Waals surface area (Å²) < 4.78 is 0. The van der Waals surface area contributed by atoms with Crippen LogP contribution in [-0.2, 0) is 16.0 Å². The molecule has 2 fully saturated rings. The number of aliphatic carboxylic acids is 1. The van der Waals surface area contributed by atoms with Crippen LogP contribution in [0.2, 0.25) is 0 Å². The summed E-state index contributed by atoms with van der Waals surface area (Å²) in [4.78, 5) is 28.9. The first-order valence-electron chi connectivity index (χ1n) is 9.81. The number of carboxylic acids is 1. The number of carbonyl (C=O) groups is 2. The van der Waals surface area contributed by atoms with Crippen LogP contribution in [0.4, 0.5) is 5.69 Å². The van der Waals surface area contributed by atoms with Gasteiger partial charge in [-0.3, -0.25) is 14.6 Å². The molecule has 2 N–H and O–H groups in total. The van der Waals surface area contributed by atoms with E-state index < -0.39 is 17.8 Å². The van der Waals surface area contributed by atoms with Gasteiger partial charge in [0.15, 0.2) is 0 Å². The fourth-order valence-corrected chi connectivity index (χ4v) is 5.24. The second kappa shape index (κ2) is 6.59. The number of hydrogen-bond donors (Lipinski definition) is 2. The number of hydrogen-bond acceptors (Lipinski definition) is 3. The van der Waals surface area contributed by atoms with Crippen molar-refractivity contribution in [2.45, 2.75) is 12.8 Å². The average molecular weight is 374 g/mol. The summed E-state index contributed by atoms with van der Waals surface area (Å²) in [6, 6.07) is 11.7. The number of nitrogens with zero attached hydrogens (tertiary/aromatic N) is 1. The van der Waals surface area contributed by atoms with Gasteiger partial charge in [0, 0.05) is 18.1 Å². The van der Waals surface area contributed by atoms with E-state index in [0.29, 0.717) is 17.5 Å². The van der Waals surface area contributed by atoms with Gasteiger partial charge in [0.25, 0.3) is 0 Å². The first-order chi connectivity index (χ1) is 13.6. The number of anilines is 1. The second-order valence-corrected chi connectivity index (χ2v) is 8.21. The smallest absolute Gasteiger partial charge is 0.307 e. The molecule has 1 amide bonds. The van der Waals surface area contributed by atoms with Crippen LogP contribution < -0.4 is 5.32 Å². The van der Waals surface area contributed by atoms with Crippen molar-refractivity contribution in [1.29, 1.82) is 0 Å². The van der Waals surface area contributed by atoms with Crippen molar-refractivity contribution >= 4 is 17.6 Å². The zero-order valence-electron chi connectivity index (χ0n) is 15.4. The van der Waals surface area contributed by atoms with E-state index in [1.807, 2.05) is 42.5 Å². The Kier molecular flexibility index (Phi) is 4.04. The predicted octanol–water partition coefficient (Wildman–Crippen LogP) is 3.38. The van der Waals surface area contributed by atoms with Crippen LogP contribution in [0.15, 0.2) is 60.9 Å². The molecule has 6 rings (SSSR count). The highest BCUT2D eigenvalue weighted by Crippen LogP contribution is 2.63. The third-order valence-electron chi connectivity index (χ3n) is 6.62. The maximum absolute atomic E-state index is 13.0. The summed E-state index contributed by atoms with van der Waals surface area (Å²) in [6.07, 6.45) is 9.53. The van der Waals surface area contributed by atoms with Crippen molar-refractivity contribution in [2.24, 2.45) is 35.5 Å². The first-order valence-corrected chi connectivity index (χ1v) is 9.81. The largest absolute Gasteiger partial charge is 0.481 e. The number of carboxylic acid groups (broad SMARTS) is 1. The van der Waals surface area contributed by atoms with Gasteiger partial charge in [-0.25, -0.2) is 0 Å². The SMILES string of the molecule is O=C(O)[C@@H]1[C@H]2C=C[C@@H]([C@@H]3C[C@@H]23)[C@@H]1C(=O)Nc1ccc(Cc2ccncc2)cc1. The Bertz CT molecular complexity index is 938. The van der Waals surface area contributed by atoms with Crippen molar-refractivity contribution in [3.05, 3.63) is 72.1 Å². The predicted molar refractivity (Wildman–Crippen MR) is 104 cm³/mol. The Hall–Kier alpha value is -2.95. The average Bonchev–Trinajstić information content (AvgIpc) is 3.52. The van der Waals surface area contributed by atoms with Crippen molar-refractivity contribution in [1.82, 2.24) is 4.98 Å². The van der Waals surface area contributed by atoms with Crippen molar-refractivity contribution in [3.8, 4) is 0 Å². The van der Waals surface area contributed by atoms with E-state index >= 15 is 0 Å². The second-order valence-electron chi connectivity index (χ2n) is 8.21. The quantitative estimate of drug-likeness (QED) is 0.787. The molecule has 5 heteroatoms. The fourth-order valence-electron chi connectivity index (χ4n) is 5.24. The first kappa shape index (κ1) is 17.2. The molecule has 0 saturated heterocycles. The van der Waals surface area contributed by atoms with Gasteiger partial charge in [-0.15, -0.1) is 0 Å². The van der Waals surface area contributed by atoms with E-state index in [-0.39, 0.29) is 17.7 Å². The Morgan fingerprint density at radius 3 is 2.18 bits per heavy atom. The topological polar surface area (TPSA) is 79.3 Å². The van der Waals surface area contributed by atoms with Crippen molar-refractivity contribution in [3.63, 3.8) is 0 Å². The number of fused-ring (bicyclic) bond motifs is 1. The number of rotatable bonds is 5. The summed E-state index contributed by atoms with van der Waals surface area (Å²) in [5.41, 5.74) is 3.04. The molecular weight excluding hydrogens is 352 g/mol. The third-order valence-corrected chi connectivity index (χ3v) is 6.62. The Morgan fingerprint density at radius 1 is 0.929 bits per heavy atom. The molecule has 5 nitrogen and oxygen atoms in total. The highest BCUT2D eigenvalue weighted by Gasteiger charge is 2.62. The molecule has 28 heavy (non-hydrogen) atoms. The molecule has 0 radical (unpaired) electrons.